The third-order valence-electron chi connectivity index (χ3n) is 4.79. The molecule has 2 aliphatic heterocycles. The highest BCUT2D eigenvalue weighted by atomic mass is 16.8. The van der Waals surface area contributed by atoms with E-state index in [1.807, 2.05) is 13.8 Å². The molecule has 1 aromatic rings. The molecule has 0 aromatic carbocycles. The van der Waals surface area contributed by atoms with Gasteiger partial charge in [0.2, 0.25) is 0 Å². The summed E-state index contributed by atoms with van der Waals surface area (Å²) in [5.74, 6) is -0.764. The van der Waals surface area contributed by atoms with E-state index in [1.165, 1.54) is 10.8 Å². The Morgan fingerprint density at radius 2 is 2.09 bits per heavy atom. The van der Waals surface area contributed by atoms with Crippen LogP contribution in [0.2, 0.25) is 0 Å². The molecule has 124 valence electrons. The molecule has 5 atom stereocenters. The van der Waals surface area contributed by atoms with E-state index in [4.69, 9.17) is 14.2 Å². The average Bonchev–Trinajstić information content (AvgIpc) is 2.99. The molecule has 3 fully saturated rings. The third-order valence-corrected chi connectivity index (χ3v) is 4.79. The van der Waals surface area contributed by atoms with Crippen LogP contribution in [0.5, 0.6) is 0 Å². The number of aryl methyl sites for hydroxylation is 1. The van der Waals surface area contributed by atoms with Crippen molar-refractivity contribution >= 4 is 6.72 Å². The fourth-order valence-corrected chi connectivity index (χ4v) is 3.62. The van der Waals surface area contributed by atoms with E-state index < -0.39 is 35.0 Å². The molecule has 0 bridgehead atoms. The topological polar surface area (TPSA) is 94.9 Å². The molecular formula is C15H19N3O5. The van der Waals surface area contributed by atoms with Gasteiger partial charge in [-0.15, -0.1) is 0 Å². The van der Waals surface area contributed by atoms with E-state index in [0.717, 1.165) is 0 Å². The molecule has 4 rings (SSSR count). The highest BCUT2D eigenvalue weighted by molar-refractivity contribution is 5.32. The molecule has 1 aromatic heterocycles. The lowest BCUT2D eigenvalue weighted by molar-refractivity contribution is -0.203. The van der Waals surface area contributed by atoms with Gasteiger partial charge in [0.1, 0.15) is 17.8 Å². The monoisotopic (exact) mass is 321 g/mol. The lowest BCUT2D eigenvalue weighted by Gasteiger charge is -2.25. The van der Waals surface area contributed by atoms with Crippen LogP contribution in [-0.2, 0) is 14.2 Å². The van der Waals surface area contributed by atoms with Crippen molar-refractivity contribution in [1.29, 1.82) is 0 Å². The maximum Gasteiger partial charge on any atom is 0.330 e. The number of aromatic nitrogens is 2. The standard InChI is InChI=1S/C15H19N3O5/c1-7-6-18(13(20)17-11(7)19)12-9-10(22-14(2,3)21-9)15(23-12)5-8(15)16-4/h6,8-10,12H,4-5H2,1-3H3,(H,17,19,20)/t8-,9-,10+,12-,15?/m1/s1. The number of H-pyrrole nitrogens is 1. The van der Waals surface area contributed by atoms with E-state index >= 15 is 0 Å². The summed E-state index contributed by atoms with van der Waals surface area (Å²) in [5.41, 5.74) is -1.11. The second-order valence-electron chi connectivity index (χ2n) is 6.87. The summed E-state index contributed by atoms with van der Waals surface area (Å²) in [7, 11) is 0. The summed E-state index contributed by atoms with van der Waals surface area (Å²) in [4.78, 5) is 30.2. The van der Waals surface area contributed by atoms with Gasteiger partial charge in [-0.25, -0.2) is 4.79 Å². The van der Waals surface area contributed by atoms with Gasteiger partial charge < -0.3 is 14.2 Å². The second-order valence-corrected chi connectivity index (χ2v) is 6.87. The van der Waals surface area contributed by atoms with E-state index in [0.29, 0.717) is 12.0 Å². The Bertz CT molecular complexity index is 797. The first-order valence-corrected chi connectivity index (χ1v) is 7.59. The van der Waals surface area contributed by atoms with Crippen LogP contribution in [0, 0.1) is 6.92 Å². The van der Waals surface area contributed by atoms with Crippen molar-refractivity contribution in [2.45, 2.75) is 63.1 Å². The number of aromatic amines is 1. The van der Waals surface area contributed by atoms with Gasteiger partial charge in [-0.05, 0) is 27.5 Å². The highest BCUT2D eigenvalue weighted by Gasteiger charge is 2.74. The molecule has 0 radical (unpaired) electrons. The van der Waals surface area contributed by atoms with Gasteiger partial charge >= 0.3 is 5.69 Å². The minimum Gasteiger partial charge on any atom is -0.343 e. The number of nitrogens with one attached hydrogen (secondary N) is 1. The zero-order valence-corrected chi connectivity index (χ0v) is 13.2. The number of hydrogen-bond donors (Lipinski definition) is 1. The number of hydrogen-bond acceptors (Lipinski definition) is 6. The Morgan fingerprint density at radius 1 is 1.35 bits per heavy atom. The zero-order valence-electron chi connectivity index (χ0n) is 13.2. The van der Waals surface area contributed by atoms with Crippen LogP contribution in [0.1, 0.15) is 32.1 Å². The lowest BCUT2D eigenvalue weighted by Crippen LogP contribution is -2.38. The smallest absolute Gasteiger partial charge is 0.330 e. The van der Waals surface area contributed by atoms with Crippen LogP contribution in [0.15, 0.2) is 20.8 Å². The van der Waals surface area contributed by atoms with Crippen molar-refractivity contribution in [2.24, 2.45) is 4.99 Å². The SMILES string of the molecule is C=N[C@@H]1CC12O[C@@H](n1cc(C)c(=O)[nH]c1=O)[C@@H]1OC(C)(C)O[C@@H]12. The zero-order chi connectivity index (χ0) is 16.6. The normalized spacial score (nSPS) is 40.3. The van der Waals surface area contributed by atoms with Crippen molar-refractivity contribution in [3.05, 3.63) is 32.6 Å². The van der Waals surface area contributed by atoms with Crippen molar-refractivity contribution in [3.8, 4) is 0 Å². The van der Waals surface area contributed by atoms with Crippen LogP contribution < -0.4 is 11.2 Å². The molecule has 1 saturated carbocycles. The van der Waals surface area contributed by atoms with Crippen LogP contribution in [0.25, 0.3) is 0 Å². The number of ether oxygens (including phenoxy) is 3. The number of aliphatic imine (C=N–C) groups is 1. The largest absolute Gasteiger partial charge is 0.343 e. The highest BCUT2D eigenvalue weighted by Crippen LogP contribution is 2.59. The van der Waals surface area contributed by atoms with E-state index in [-0.39, 0.29) is 12.1 Å². The molecule has 23 heavy (non-hydrogen) atoms. The molecule has 1 spiro atoms. The predicted octanol–water partition coefficient (Wildman–Crippen LogP) is 0.106. The van der Waals surface area contributed by atoms with E-state index in [1.54, 1.807) is 6.92 Å². The van der Waals surface area contributed by atoms with Crippen molar-refractivity contribution in [1.82, 2.24) is 9.55 Å². The predicted molar refractivity (Wildman–Crippen MR) is 80.7 cm³/mol. The second kappa shape index (κ2) is 4.40. The summed E-state index contributed by atoms with van der Waals surface area (Å²) >= 11 is 0. The molecular weight excluding hydrogens is 302 g/mol. The van der Waals surface area contributed by atoms with Crippen LogP contribution in [0.4, 0.5) is 0 Å². The molecule has 0 amide bonds. The van der Waals surface area contributed by atoms with Gasteiger partial charge in [0.25, 0.3) is 5.56 Å². The van der Waals surface area contributed by atoms with Gasteiger partial charge in [0.15, 0.2) is 12.0 Å². The first-order valence-electron chi connectivity index (χ1n) is 7.59. The summed E-state index contributed by atoms with van der Waals surface area (Å²) in [5, 5.41) is 0. The Morgan fingerprint density at radius 3 is 2.74 bits per heavy atom. The number of fused-ring (bicyclic) bond motifs is 2. The minimum absolute atomic E-state index is 0.0722. The Hall–Kier alpha value is -1.77. The fourth-order valence-electron chi connectivity index (χ4n) is 3.62. The van der Waals surface area contributed by atoms with E-state index in [2.05, 4.69) is 16.7 Å². The maximum absolute atomic E-state index is 12.2. The van der Waals surface area contributed by atoms with Crippen molar-refractivity contribution in [3.63, 3.8) is 0 Å². The Kier molecular flexibility index (Phi) is 2.83. The van der Waals surface area contributed by atoms with Crippen LogP contribution in [0.3, 0.4) is 0 Å². The first-order chi connectivity index (χ1) is 10.8. The van der Waals surface area contributed by atoms with E-state index in [9.17, 15) is 9.59 Å². The maximum atomic E-state index is 12.2. The number of nitrogens with zero attached hydrogens (tertiary/aromatic N) is 2. The molecule has 1 unspecified atom stereocenters. The molecule has 3 heterocycles. The van der Waals surface area contributed by atoms with Gasteiger partial charge in [0.05, 0.1) is 6.04 Å². The summed E-state index contributed by atoms with van der Waals surface area (Å²) < 4.78 is 19.5. The molecule has 2 saturated heterocycles. The van der Waals surface area contributed by atoms with Gasteiger partial charge in [0, 0.05) is 18.2 Å². The quantitative estimate of drug-likeness (QED) is 0.780. The summed E-state index contributed by atoms with van der Waals surface area (Å²) in [6.07, 6.45) is 0.744. The van der Waals surface area contributed by atoms with Crippen LogP contribution in [-0.4, -0.2) is 45.9 Å². The lowest BCUT2D eigenvalue weighted by atomic mass is 10.1. The van der Waals surface area contributed by atoms with Crippen molar-refractivity contribution in [2.75, 3.05) is 0 Å². The molecule has 8 heteroatoms. The van der Waals surface area contributed by atoms with Crippen molar-refractivity contribution < 1.29 is 14.2 Å². The first kappa shape index (κ1) is 14.8. The minimum atomic E-state index is -0.764. The summed E-state index contributed by atoms with van der Waals surface area (Å²) in [6.45, 7) is 8.89. The molecule has 3 aliphatic rings. The van der Waals surface area contributed by atoms with Gasteiger partial charge in [-0.2, -0.15) is 0 Å². The molecule has 1 aliphatic carbocycles. The van der Waals surface area contributed by atoms with Gasteiger partial charge in [-0.1, -0.05) is 0 Å². The number of rotatable bonds is 2. The molecule has 8 nitrogen and oxygen atoms in total. The molecule has 1 N–H and O–H groups in total. The third kappa shape index (κ3) is 1.98. The summed E-state index contributed by atoms with van der Waals surface area (Å²) in [6, 6.07) is -0.0722. The Balaban J connectivity index is 1.78. The van der Waals surface area contributed by atoms with Crippen LogP contribution >= 0.6 is 0 Å². The Labute approximate surface area is 132 Å². The van der Waals surface area contributed by atoms with Gasteiger partial charge in [-0.3, -0.25) is 19.3 Å². The average molecular weight is 321 g/mol. The fraction of sp³-hybridized carbons (Fsp3) is 0.667.